The molecule has 0 aliphatic rings. The molecule has 0 aromatic heterocycles. The lowest BCUT2D eigenvalue weighted by molar-refractivity contribution is -0.0334. The molecule has 0 aliphatic carbocycles. The van der Waals surface area contributed by atoms with Gasteiger partial charge in [0.25, 0.3) is 0 Å². The van der Waals surface area contributed by atoms with Crippen molar-refractivity contribution in [1.82, 2.24) is 9.80 Å². The van der Waals surface area contributed by atoms with Crippen LogP contribution in [0.1, 0.15) is 41.0 Å². The Balaban J connectivity index is 4.97. The summed E-state index contributed by atoms with van der Waals surface area (Å²) in [6, 6.07) is 0. The van der Waals surface area contributed by atoms with Crippen LogP contribution in [-0.4, -0.2) is 51.9 Å². The zero-order valence-corrected chi connectivity index (χ0v) is 14.1. The Morgan fingerprint density at radius 2 is 1.31 bits per heavy atom. The minimum absolute atomic E-state index is 0.188. The summed E-state index contributed by atoms with van der Waals surface area (Å²) in [5.74, 6) is 0. The molecule has 0 aromatic rings. The average molecular weight is 242 g/mol. The molecular weight excluding hydrogens is 212 g/mol. The van der Waals surface area contributed by atoms with Gasteiger partial charge < -0.3 is 0 Å². The average Bonchev–Trinajstić information content (AvgIpc) is 2.29. The van der Waals surface area contributed by atoms with Crippen molar-refractivity contribution in [2.24, 2.45) is 0 Å². The standard InChI is InChI=1S/C13H30N2Si/c1-6-14(7-2)13(5,11-10-12-16)15(8-3)9-4/h10,12H,6-9,11H2,1-5,16H3. The van der Waals surface area contributed by atoms with E-state index in [1.165, 1.54) is 0 Å². The summed E-state index contributed by atoms with van der Waals surface area (Å²) in [5.41, 5.74) is 2.49. The summed E-state index contributed by atoms with van der Waals surface area (Å²) in [4.78, 5) is 5.14. The van der Waals surface area contributed by atoms with Crippen molar-refractivity contribution >= 4 is 10.2 Å². The molecule has 0 spiro atoms. The van der Waals surface area contributed by atoms with Gasteiger partial charge >= 0.3 is 0 Å². The third-order valence-electron chi connectivity index (χ3n) is 3.63. The zero-order valence-electron chi connectivity index (χ0n) is 12.1. The summed E-state index contributed by atoms with van der Waals surface area (Å²) < 4.78 is 0. The first-order valence-corrected chi connectivity index (χ1v) is 7.87. The van der Waals surface area contributed by atoms with Crippen LogP contribution in [0.15, 0.2) is 11.8 Å². The van der Waals surface area contributed by atoms with E-state index in [4.69, 9.17) is 0 Å². The molecule has 0 rings (SSSR count). The predicted octanol–water partition coefficient (Wildman–Crippen LogP) is 1.66. The molecule has 0 radical (unpaired) electrons. The molecule has 96 valence electrons. The Labute approximate surface area is 105 Å². The van der Waals surface area contributed by atoms with Crippen LogP contribution in [0.3, 0.4) is 0 Å². The quantitative estimate of drug-likeness (QED) is 0.472. The van der Waals surface area contributed by atoms with E-state index < -0.39 is 0 Å². The first-order chi connectivity index (χ1) is 7.60. The highest BCUT2D eigenvalue weighted by molar-refractivity contribution is 6.16. The molecule has 2 nitrogen and oxygen atoms in total. The van der Waals surface area contributed by atoms with Gasteiger partial charge in [-0.25, -0.2) is 0 Å². The van der Waals surface area contributed by atoms with Gasteiger partial charge in [0, 0.05) is 10.2 Å². The van der Waals surface area contributed by atoms with E-state index >= 15 is 0 Å². The van der Waals surface area contributed by atoms with Crippen molar-refractivity contribution in [1.29, 1.82) is 0 Å². The molecule has 3 heteroatoms. The Hall–Kier alpha value is -0.123. The van der Waals surface area contributed by atoms with Crippen LogP contribution in [0.2, 0.25) is 0 Å². The van der Waals surface area contributed by atoms with E-state index in [-0.39, 0.29) is 5.66 Å². The third-order valence-corrected chi connectivity index (χ3v) is 4.10. The zero-order chi connectivity index (χ0) is 12.6. The van der Waals surface area contributed by atoms with Crippen LogP contribution in [0.4, 0.5) is 0 Å². The molecule has 0 unspecified atom stereocenters. The van der Waals surface area contributed by atoms with E-state index in [1.807, 2.05) is 0 Å². The van der Waals surface area contributed by atoms with Gasteiger partial charge in [-0.15, -0.1) is 5.70 Å². The van der Waals surface area contributed by atoms with Crippen molar-refractivity contribution in [3.8, 4) is 0 Å². The highest BCUT2D eigenvalue weighted by Crippen LogP contribution is 2.24. The minimum Gasteiger partial charge on any atom is -0.286 e. The van der Waals surface area contributed by atoms with Gasteiger partial charge in [0.2, 0.25) is 0 Å². The number of hydrogen-bond donors (Lipinski definition) is 0. The molecule has 0 saturated heterocycles. The maximum absolute atomic E-state index is 2.57. The maximum Gasteiger partial charge on any atom is 0.0743 e. The van der Waals surface area contributed by atoms with Gasteiger partial charge in [0.05, 0.1) is 5.66 Å². The van der Waals surface area contributed by atoms with Gasteiger partial charge in [0.1, 0.15) is 0 Å². The van der Waals surface area contributed by atoms with Crippen LogP contribution >= 0.6 is 0 Å². The van der Waals surface area contributed by atoms with Crippen molar-refractivity contribution in [2.75, 3.05) is 26.2 Å². The number of nitrogens with zero attached hydrogens (tertiary/aromatic N) is 2. The highest BCUT2D eigenvalue weighted by Gasteiger charge is 2.33. The lowest BCUT2D eigenvalue weighted by atomic mass is 10.0. The largest absolute Gasteiger partial charge is 0.286 e. The van der Waals surface area contributed by atoms with Crippen molar-refractivity contribution < 1.29 is 0 Å². The van der Waals surface area contributed by atoms with E-state index in [0.29, 0.717) is 0 Å². The highest BCUT2D eigenvalue weighted by atomic mass is 28.1. The van der Waals surface area contributed by atoms with E-state index in [1.54, 1.807) is 0 Å². The SMILES string of the molecule is CCN(CC)C(C)(CC=C[SiH3])N(CC)CC. The molecule has 0 fully saturated rings. The second-order valence-corrected chi connectivity index (χ2v) is 5.00. The van der Waals surface area contributed by atoms with Gasteiger partial charge in [-0.3, -0.25) is 9.80 Å². The summed E-state index contributed by atoms with van der Waals surface area (Å²) in [6.45, 7) is 15.9. The summed E-state index contributed by atoms with van der Waals surface area (Å²) >= 11 is 0. The third kappa shape index (κ3) is 3.72. The maximum atomic E-state index is 2.57. The van der Waals surface area contributed by atoms with Crippen LogP contribution in [0.25, 0.3) is 0 Å². The number of hydrogen-bond acceptors (Lipinski definition) is 2. The predicted molar refractivity (Wildman–Crippen MR) is 77.9 cm³/mol. The lowest BCUT2D eigenvalue weighted by Gasteiger charge is -2.47. The molecule has 0 amide bonds. The Morgan fingerprint density at radius 1 is 0.938 bits per heavy atom. The fraction of sp³-hybridized carbons (Fsp3) is 0.846. The summed E-state index contributed by atoms with van der Waals surface area (Å²) in [5, 5.41) is 0. The van der Waals surface area contributed by atoms with E-state index in [2.05, 4.69) is 56.2 Å². The van der Waals surface area contributed by atoms with Crippen LogP contribution < -0.4 is 0 Å². The van der Waals surface area contributed by atoms with Gasteiger partial charge in [-0.1, -0.05) is 33.8 Å². The monoisotopic (exact) mass is 242 g/mol. The molecular formula is C13H30N2Si. The Kier molecular flexibility index (Phi) is 7.98. The van der Waals surface area contributed by atoms with Gasteiger partial charge in [-0.2, -0.15) is 0 Å². The van der Waals surface area contributed by atoms with E-state index in [9.17, 15) is 0 Å². The van der Waals surface area contributed by atoms with Crippen LogP contribution in [-0.2, 0) is 0 Å². The molecule has 0 atom stereocenters. The molecule has 0 aliphatic heterocycles. The Morgan fingerprint density at radius 3 is 1.56 bits per heavy atom. The van der Waals surface area contributed by atoms with Crippen LogP contribution in [0, 0.1) is 0 Å². The van der Waals surface area contributed by atoms with Crippen molar-refractivity contribution in [2.45, 2.75) is 46.7 Å². The molecule has 0 N–H and O–H groups in total. The molecule has 0 saturated carbocycles. The first kappa shape index (κ1) is 15.9. The second kappa shape index (κ2) is 8.04. The normalized spacial score (nSPS) is 13.4. The number of rotatable bonds is 8. The fourth-order valence-electron chi connectivity index (χ4n) is 2.61. The van der Waals surface area contributed by atoms with Gasteiger partial charge in [-0.05, 0) is 39.5 Å². The minimum atomic E-state index is 0.188. The molecule has 0 heterocycles. The molecule has 0 aromatic carbocycles. The lowest BCUT2D eigenvalue weighted by Crippen LogP contribution is -2.58. The second-order valence-electron chi connectivity index (χ2n) is 4.33. The van der Waals surface area contributed by atoms with E-state index in [0.717, 1.165) is 42.8 Å². The van der Waals surface area contributed by atoms with Crippen LogP contribution in [0.5, 0.6) is 0 Å². The first-order valence-electron chi connectivity index (χ1n) is 6.71. The topological polar surface area (TPSA) is 6.48 Å². The van der Waals surface area contributed by atoms with Crippen molar-refractivity contribution in [3.63, 3.8) is 0 Å². The Bertz CT molecular complexity index is 184. The summed E-state index contributed by atoms with van der Waals surface area (Å²) in [6.07, 6.45) is 3.49. The van der Waals surface area contributed by atoms with Crippen molar-refractivity contribution in [3.05, 3.63) is 11.8 Å². The molecule has 0 bridgehead atoms. The smallest absolute Gasteiger partial charge is 0.0743 e. The molecule has 16 heavy (non-hydrogen) atoms. The summed E-state index contributed by atoms with van der Waals surface area (Å²) in [7, 11) is 1.16. The van der Waals surface area contributed by atoms with Gasteiger partial charge in [0.15, 0.2) is 0 Å². The fourth-order valence-corrected chi connectivity index (χ4v) is 2.84.